The van der Waals surface area contributed by atoms with Gasteiger partial charge in [0.1, 0.15) is 5.69 Å². The average molecular weight is 300 g/mol. The lowest BCUT2D eigenvalue weighted by Crippen LogP contribution is -2.33. The van der Waals surface area contributed by atoms with E-state index in [1.165, 1.54) is 19.3 Å². The Bertz CT molecular complexity index is 562. The lowest BCUT2D eigenvalue weighted by Gasteiger charge is -2.23. The normalized spacial score (nSPS) is 28.0. The van der Waals surface area contributed by atoms with Crippen LogP contribution in [-0.4, -0.2) is 55.1 Å². The Kier molecular flexibility index (Phi) is 3.53. The fourth-order valence-corrected chi connectivity index (χ4v) is 4.12. The molecule has 1 atom stereocenters. The van der Waals surface area contributed by atoms with E-state index < -0.39 is 0 Å². The van der Waals surface area contributed by atoms with E-state index in [9.17, 15) is 4.79 Å². The van der Waals surface area contributed by atoms with E-state index in [0.29, 0.717) is 11.1 Å². The molecule has 1 amide bonds. The summed E-state index contributed by atoms with van der Waals surface area (Å²) in [4.78, 5) is 21.5. The summed E-state index contributed by atoms with van der Waals surface area (Å²) in [5.74, 6) is 0.102. The number of amides is 1. The number of likely N-dealkylation sites (tertiary alicyclic amines) is 1. The molecule has 1 unspecified atom stereocenters. The number of aromatic nitrogens is 1. The van der Waals surface area contributed by atoms with Gasteiger partial charge < -0.3 is 15.1 Å². The van der Waals surface area contributed by atoms with Gasteiger partial charge in [0, 0.05) is 50.0 Å². The first-order chi connectivity index (χ1) is 10.8. The molecular weight excluding hydrogens is 276 g/mol. The second-order valence-corrected chi connectivity index (χ2v) is 7.00. The molecule has 22 heavy (non-hydrogen) atoms. The van der Waals surface area contributed by atoms with Crippen molar-refractivity contribution in [1.82, 2.24) is 15.2 Å². The molecular formula is C17H24N4O. The minimum atomic E-state index is 0.102. The van der Waals surface area contributed by atoms with Gasteiger partial charge in [-0.2, -0.15) is 0 Å². The van der Waals surface area contributed by atoms with Crippen LogP contribution < -0.4 is 10.2 Å². The maximum Gasteiger partial charge on any atom is 0.272 e. The van der Waals surface area contributed by atoms with Crippen LogP contribution in [0, 0.1) is 5.41 Å². The van der Waals surface area contributed by atoms with Crippen LogP contribution in [0.1, 0.15) is 36.2 Å². The number of nitrogens with zero attached hydrogens (tertiary/aromatic N) is 3. The molecule has 4 heterocycles. The quantitative estimate of drug-likeness (QED) is 0.899. The Labute approximate surface area is 131 Å². The van der Waals surface area contributed by atoms with Crippen molar-refractivity contribution in [2.24, 2.45) is 5.41 Å². The van der Waals surface area contributed by atoms with E-state index >= 15 is 0 Å². The first-order valence-corrected chi connectivity index (χ1v) is 8.47. The van der Waals surface area contributed by atoms with Gasteiger partial charge in [0.2, 0.25) is 0 Å². The molecule has 0 aromatic carbocycles. The van der Waals surface area contributed by atoms with Crippen LogP contribution in [0.15, 0.2) is 18.3 Å². The highest BCUT2D eigenvalue weighted by Crippen LogP contribution is 2.36. The second-order valence-electron chi connectivity index (χ2n) is 7.00. The number of nitrogens with one attached hydrogen (secondary N) is 1. The molecule has 4 rings (SSSR count). The summed E-state index contributed by atoms with van der Waals surface area (Å²) in [7, 11) is 0. The summed E-state index contributed by atoms with van der Waals surface area (Å²) < 4.78 is 0. The third kappa shape index (κ3) is 2.47. The van der Waals surface area contributed by atoms with Crippen LogP contribution in [0.3, 0.4) is 0 Å². The zero-order valence-electron chi connectivity index (χ0n) is 13.1. The Morgan fingerprint density at radius 3 is 2.86 bits per heavy atom. The number of rotatable bonds is 2. The highest BCUT2D eigenvalue weighted by Gasteiger charge is 2.42. The van der Waals surface area contributed by atoms with Gasteiger partial charge in [0.05, 0.1) is 0 Å². The molecule has 0 saturated carbocycles. The Balaban J connectivity index is 1.49. The highest BCUT2D eigenvalue weighted by atomic mass is 16.2. The first kappa shape index (κ1) is 14.0. The van der Waals surface area contributed by atoms with Crippen molar-refractivity contribution in [3.63, 3.8) is 0 Å². The lowest BCUT2D eigenvalue weighted by atomic mass is 9.87. The van der Waals surface area contributed by atoms with Crippen LogP contribution >= 0.6 is 0 Å². The summed E-state index contributed by atoms with van der Waals surface area (Å²) in [6.45, 7) is 6.08. The van der Waals surface area contributed by atoms with Crippen molar-refractivity contribution in [3.05, 3.63) is 24.0 Å². The van der Waals surface area contributed by atoms with Crippen molar-refractivity contribution in [3.8, 4) is 0 Å². The molecule has 5 heteroatoms. The fraction of sp³-hybridized carbons (Fsp3) is 0.647. The van der Waals surface area contributed by atoms with Crippen LogP contribution in [-0.2, 0) is 0 Å². The summed E-state index contributed by atoms with van der Waals surface area (Å²) in [6, 6.07) is 4.00. The number of hydrogen-bond acceptors (Lipinski definition) is 4. The largest absolute Gasteiger partial charge is 0.371 e. The van der Waals surface area contributed by atoms with E-state index in [4.69, 9.17) is 0 Å². The monoisotopic (exact) mass is 300 g/mol. The number of hydrogen-bond donors (Lipinski definition) is 1. The number of carbonyl (C=O) groups excluding carboxylic acids is 1. The summed E-state index contributed by atoms with van der Waals surface area (Å²) in [5, 5.41) is 3.44. The van der Waals surface area contributed by atoms with Gasteiger partial charge in [-0.05, 0) is 44.4 Å². The zero-order chi connectivity index (χ0) is 15.0. The number of carbonyl (C=O) groups is 1. The smallest absolute Gasteiger partial charge is 0.272 e. The molecule has 3 fully saturated rings. The third-order valence-electron chi connectivity index (χ3n) is 5.49. The Morgan fingerprint density at radius 2 is 2.09 bits per heavy atom. The van der Waals surface area contributed by atoms with Crippen molar-refractivity contribution in [2.45, 2.75) is 25.7 Å². The van der Waals surface area contributed by atoms with Crippen molar-refractivity contribution in [2.75, 3.05) is 44.2 Å². The molecule has 1 aromatic rings. The predicted molar refractivity (Wildman–Crippen MR) is 86.1 cm³/mol. The van der Waals surface area contributed by atoms with Crippen LogP contribution in [0.25, 0.3) is 0 Å². The number of pyridine rings is 1. The van der Waals surface area contributed by atoms with E-state index in [1.807, 2.05) is 17.0 Å². The fourth-order valence-electron chi connectivity index (χ4n) is 4.12. The minimum Gasteiger partial charge on any atom is -0.371 e. The highest BCUT2D eigenvalue weighted by molar-refractivity contribution is 5.93. The lowest BCUT2D eigenvalue weighted by molar-refractivity contribution is 0.0770. The standard InChI is InChI=1S/C17H24N4O/c22-16(21-10-5-17(13-21)4-7-18-12-17)15-11-14(3-6-19-15)20-8-1-2-9-20/h3,6,11,18H,1-2,4-5,7-10,12-13H2. The topological polar surface area (TPSA) is 48.5 Å². The first-order valence-electron chi connectivity index (χ1n) is 8.47. The molecule has 3 aliphatic rings. The minimum absolute atomic E-state index is 0.102. The van der Waals surface area contributed by atoms with E-state index in [-0.39, 0.29) is 5.91 Å². The molecule has 1 aromatic heterocycles. The summed E-state index contributed by atoms with van der Waals surface area (Å²) in [6.07, 6.45) is 6.58. The molecule has 0 bridgehead atoms. The zero-order valence-corrected chi connectivity index (χ0v) is 13.1. The molecule has 1 spiro atoms. The van der Waals surface area contributed by atoms with Crippen molar-refractivity contribution in [1.29, 1.82) is 0 Å². The average Bonchev–Trinajstić information content (AvgIpc) is 3.30. The van der Waals surface area contributed by atoms with E-state index in [1.54, 1.807) is 6.20 Å². The molecule has 0 radical (unpaired) electrons. The third-order valence-corrected chi connectivity index (χ3v) is 5.49. The molecule has 118 valence electrons. The molecule has 3 saturated heterocycles. The van der Waals surface area contributed by atoms with Gasteiger partial charge in [-0.1, -0.05) is 0 Å². The van der Waals surface area contributed by atoms with Gasteiger partial charge in [-0.3, -0.25) is 9.78 Å². The van der Waals surface area contributed by atoms with Gasteiger partial charge in [-0.25, -0.2) is 0 Å². The van der Waals surface area contributed by atoms with Gasteiger partial charge >= 0.3 is 0 Å². The summed E-state index contributed by atoms with van der Waals surface area (Å²) >= 11 is 0. The van der Waals surface area contributed by atoms with Crippen LogP contribution in [0.5, 0.6) is 0 Å². The maximum absolute atomic E-state index is 12.8. The maximum atomic E-state index is 12.8. The molecule has 0 aliphatic carbocycles. The van der Waals surface area contributed by atoms with Gasteiger partial charge in [0.15, 0.2) is 0 Å². The second kappa shape index (κ2) is 5.54. The molecule has 3 aliphatic heterocycles. The van der Waals surface area contributed by atoms with Crippen LogP contribution in [0.2, 0.25) is 0 Å². The van der Waals surface area contributed by atoms with Crippen molar-refractivity contribution < 1.29 is 4.79 Å². The summed E-state index contributed by atoms with van der Waals surface area (Å²) in [5.41, 5.74) is 2.07. The van der Waals surface area contributed by atoms with Gasteiger partial charge in [-0.15, -0.1) is 0 Å². The predicted octanol–water partition coefficient (Wildman–Crippen LogP) is 1.51. The van der Waals surface area contributed by atoms with Crippen molar-refractivity contribution >= 4 is 11.6 Å². The Morgan fingerprint density at radius 1 is 1.23 bits per heavy atom. The van der Waals surface area contributed by atoms with Crippen LogP contribution in [0.4, 0.5) is 5.69 Å². The van der Waals surface area contributed by atoms with Gasteiger partial charge in [0.25, 0.3) is 5.91 Å². The van der Waals surface area contributed by atoms with E-state index in [0.717, 1.165) is 51.4 Å². The van der Waals surface area contributed by atoms with E-state index in [2.05, 4.69) is 15.2 Å². The molecule has 1 N–H and O–H groups in total. The Hall–Kier alpha value is -1.62. The number of anilines is 1. The SMILES string of the molecule is O=C(c1cc(N2CCCC2)ccn1)N1CCC2(CCNC2)C1. The molecule has 5 nitrogen and oxygen atoms in total.